The van der Waals surface area contributed by atoms with Gasteiger partial charge in [0.25, 0.3) is 0 Å². The number of sulfonamides is 1. The lowest BCUT2D eigenvalue weighted by Gasteiger charge is -2.23. The second-order valence-corrected chi connectivity index (χ2v) is 9.31. The molecule has 0 saturated carbocycles. The standard InChI is InChI=1S/C23H32N2O3S/c1-4-5-9-15-24-23(26)18-25(16-14-21-10-7-6-8-11-21)29(27,28)22-17-19(2)12-13-20(22)3/h6-8,10-13,17H,4-5,9,14-16,18H2,1-3H3,(H,24,26). The molecule has 0 fully saturated rings. The minimum Gasteiger partial charge on any atom is -0.355 e. The summed E-state index contributed by atoms with van der Waals surface area (Å²) in [7, 11) is -3.78. The number of hydrogen-bond acceptors (Lipinski definition) is 3. The maximum absolute atomic E-state index is 13.4. The van der Waals surface area contributed by atoms with Crippen LogP contribution in [0.25, 0.3) is 0 Å². The average Bonchev–Trinajstić information content (AvgIpc) is 2.70. The lowest BCUT2D eigenvalue weighted by atomic mass is 10.1. The topological polar surface area (TPSA) is 66.5 Å². The van der Waals surface area contributed by atoms with Gasteiger partial charge in [0.2, 0.25) is 15.9 Å². The summed E-state index contributed by atoms with van der Waals surface area (Å²) in [5.41, 5.74) is 2.60. The number of unbranched alkanes of at least 4 members (excludes halogenated alkanes) is 2. The Morgan fingerprint density at radius 3 is 2.45 bits per heavy atom. The Kier molecular flexibility index (Phi) is 8.86. The molecule has 2 aromatic rings. The zero-order chi connectivity index (χ0) is 21.3. The van der Waals surface area contributed by atoms with E-state index in [0.29, 0.717) is 18.5 Å². The van der Waals surface area contributed by atoms with Crippen LogP contribution < -0.4 is 5.32 Å². The minimum absolute atomic E-state index is 0.172. The van der Waals surface area contributed by atoms with Crippen molar-refractivity contribution in [3.05, 3.63) is 65.2 Å². The smallest absolute Gasteiger partial charge is 0.243 e. The molecule has 6 heteroatoms. The van der Waals surface area contributed by atoms with E-state index in [1.165, 1.54) is 4.31 Å². The SMILES string of the molecule is CCCCCNC(=O)CN(CCc1ccccc1)S(=O)(=O)c1cc(C)ccc1C. The number of aryl methyl sites for hydroxylation is 2. The number of benzene rings is 2. The maximum atomic E-state index is 13.4. The van der Waals surface area contributed by atoms with Crippen LogP contribution in [0, 0.1) is 13.8 Å². The first-order valence-corrected chi connectivity index (χ1v) is 11.7. The third-order valence-electron chi connectivity index (χ3n) is 4.88. The van der Waals surface area contributed by atoms with Crippen molar-refractivity contribution in [3.63, 3.8) is 0 Å². The molecule has 0 aliphatic carbocycles. The molecule has 0 aromatic heterocycles. The summed E-state index contributed by atoms with van der Waals surface area (Å²) >= 11 is 0. The molecule has 0 aliphatic heterocycles. The van der Waals surface area contributed by atoms with Gasteiger partial charge in [-0.1, -0.05) is 62.2 Å². The first kappa shape index (κ1) is 23.1. The van der Waals surface area contributed by atoms with Gasteiger partial charge in [-0.05, 0) is 49.4 Å². The number of carbonyl (C=O) groups excluding carboxylic acids is 1. The van der Waals surface area contributed by atoms with Gasteiger partial charge >= 0.3 is 0 Å². The molecule has 0 heterocycles. The van der Waals surface area contributed by atoms with E-state index in [0.717, 1.165) is 30.4 Å². The van der Waals surface area contributed by atoms with Crippen molar-refractivity contribution in [1.82, 2.24) is 9.62 Å². The Morgan fingerprint density at radius 1 is 1.03 bits per heavy atom. The van der Waals surface area contributed by atoms with Crippen LogP contribution in [0.5, 0.6) is 0 Å². The molecule has 0 bridgehead atoms. The monoisotopic (exact) mass is 416 g/mol. The molecule has 2 aromatic carbocycles. The average molecular weight is 417 g/mol. The van der Waals surface area contributed by atoms with Crippen molar-refractivity contribution in [2.45, 2.75) is 51.3 Å². The summed E-state index contributed by atoms with van der Waals surface area (Å²) in [5.74, 6) is -0.261. The molecule has 29 heavy (non-hydrogen) atoms. The van der Waals surface area contributed by atoms with E-state index in [1.54, 1.807) is 13.0 Å². The maximum Gasteiger partial charge on any atom is 0.243 e. The van der Waals surface area contributed by atoms with E-state index in [2.05, 4.69) is 12.2 Å². The second-order valence-electron chi connectivity index (χ2n) is 7.40. The number of hydrogen-bond donors (Lipinski definition) is 1. The second kappa shape index (κ2) is 11.1. The predicted molar refractivity (Wildman–Crippen MR) is 117 cm³/mol. The first-order chi connectivity index (χ1) is 13.8. The Bertz CT molecular complexity index is 896. The van der Waals surface area contributed by atoms with Crippen LogP contribution in [-0.4, -0.2) is 38.3 Å². The number of rotatable bonds is 11. The zero-order valence-electron chi connectivity index (χ0n) is 17.6. The third-order valence-corrected chi connectivity index (χ3v) is 6.86. The Morgan fingerprint density at radius 2 is 1.76 bits per heavy atom. The molecule has 0 radical (unpaired) electrons. The summed E-state index contributed by atoms with van der Waals surface area (Å²) in [5, 5.41) is 2.85. The Labute approximate surface area is 175 Å². The van der Waals surface area contributed by atoms with Gasteiger partial charge in [-0.25, -0.2) is 8.42 Å². The summed E-state index contributed by atoms with van der Waals surface area (Å²) in [4.78, 5) is 12.7. The highest BCUT2D eigenvalue weighted by atomic mass is 32.2. The summed E-state index contributed by atoms with van der Waals surface area (Å²) in [6.07, 6.45) is 3.56. The van der Waals surface area contributed by atoms with Crippen molar-refractivity contribution < 1.29 is 13.2 Å². The van der Waals surface area contributed by atoms with Gasteiger partial charge in [-0.15, -0.1) is 0 Å². The van der Waals surface area contributed by atoms with E-state index in [4.69, 9.17) is 0 Å². The normalized spacial score (nSPS) is 11.6. The lowest BCUT2D eigenvalue weighted by molar-refractivity contribution is -0.121. The van der Waals surface area contributed by atoms with E-state index < -0.39 is 10.0 Å². The van der Waals surface area contributed by atoms with E-state index in [-0.39, 0.29) is 23.9 Å². The van der Waals surface area contributed by atoms with Crippen molar-refractivity contribution >= 4 is 15.9 Å². The number of carbonyl (C=O) groups is 1. The van der Waals surface area contributed by atoms with Gasteiger partial charge in [0.1, 0.15) is 0 Å². The quantitative estimate of drug-likeness (QED) is 0.566. The van der Waals surface area contributed by atoms with Crippen molar-refractivity contribution in [3.8, 4) is 0 Å². The van der Waals surface area contributed by atoms with Crippen molar-refractivity contribution in [2.75, 3.05) is 19.6 Å². The fourth-order valence-electron chi connectivity index (χ4n) is 3.13. The van der Waals surface area contributed by atoms with Crippen LogP contribution >= 0.6 is 0 Å². The lowest BCUT2D eigenvalue weighted by Crippen LogP contribution is -2.42. The van der Waals surface area contributed by atoms with Crippen molar-refractivity contribution in [1.29, 1.82) is 0 Å². The zero-order valence-corrected chi connectivity index (χ0v) is 18.5. The van der Waals surface area contributed by atoms with Crippen LogP contribution in [0.3, 0.4) is 0 Å². The highest BCUT2D eigenvalue weighted by Crippen LogP contribution is 2.21. The van der Waals surface area contributed by atoms with Crippen LogP contribution in [0.2, 0.25) is 0 Å². The molecule has 0 atom stereocenters. The van der Waals surface area contributed by atoms with Gasteiger partial charge < -0.3 is 5.32 Å². The Hall–Kier alpha value is -2.18. The van der Waals surface area contributed by atoms with Crippen LogP contribution in [0.4, 0.5) is 0 Å². The summed E-state index contributed by atoms with van der Waals surface area (Å²) < 4.78 is 28.1. The molecule has 0 unspecified atom stereocenters. The highest BCUT2D eigenvalue weighted by Gasteiger charge is 2.28. The molecule has 2 rings (SSSR count). The van der Waals surface area contributed by atoms with Crippen LogP contribution in [0.15, 0.2) is 53.4 Å². The van der Waals surface area contributed by atoms with Gasteiger partial charge in [0.05, 0.1) is 11.4 Å². The van der Waals surface area contributed by atoms with Gasteiger partial charge in [-0.2, -0.15) is 4.31 Å². The van der Waals surface area contributed by atoms with E-state index in [1.807, 2.05) is 49.4 Å². The molecular weight excluding hydrogens is 384 g/mol. The first-order valence-electron chi connectivity index (χ1n) is 10.2. The fourth-order valence-corrected chi connectivity index (χ4v) is 4.83. The molecule has 5 nitrogen and oxygen atoms in total. The largest absolute Gasteiger partial charge is 0.355 e. The van der Waals surface area contributed by atoms with Gasteiger partial charge in [0, 0.05) is 13.1 Å². The predicted octanol–water partition coefficient (Wildman–Crippen LogP) is 3.84. The van der Waals surface area contributed by atoms with Gasteiger partial charge in [-0.3, -0.25) is 4.79 Å². The number of nitrogens with one attached hydrogen (secondary N) is 1. The third kappa shape index (κ3) is 6.98. The number of nitrogens with zero attached hydrogens (tertiary/aromatic N) is 1. The molecule has 1 N–H and O–H groups in total. The molecule has 0 aliphatic rings. The van der Waals surface area contributed by atoms with Crippen LogP contribution in [-0.2, 0) is 21.2 Å². The van der Waals surface area contributed by atoms with Gasteiger partial charge in [0.15, 0.2) is 0 Å². The molecule has 0 spiro atoms. The molecular formula is C23H32N2O3S. The van der Waals surface area contributed by atoms with E-state index in [9.17, 15) is 13.2 Å². The summed E-state index contributed by atoms with van der Waals surface area (Å²) in [6, 6.07) is 15.1. The Balaban J connectivity index is 2.20. The highest BCUT2D eigenvalue weighted by molar-refractivity contribution is 7.89. The minimum atomic E-state index is -3.78. The van der Waals surface area contributed by atoms with Crippen molar-refractivity contribution in [2.24, 2.45) is 0 Å². The fraction of sp³-hybridized carbons (Fsp3) is 0.435. The molecule has 158 valence electrons. The van der Waals surface area contributed by atoms with E-state index >= 15 is 0 Å². The van der Waals surface area contributed by atoms with Crippen LogP contribution in [0.1, 0.15) is 42.9 Å². The molecule has 0 saturated heterocycles. The summed E-state index contributed by atoms with van der Waals surface area (Å²) in [6.45, 7) is 6.41. The molecule has 1 amide bonds. The number of amides is 1.